The second kappa shape index (κ2) is 6.53. The van der Waals surface area contributed by atoms with Crippen molar-refractivity contribution in [2.45, 2.75) is 11.4 Å². The predicted molar refractivity (Wildman–Crippen MR) is 93.0 cm³/mol. The summed E-state index contributed by atoms with van der Waals surface area (Å²) in [6.07, 6.45) is 0. The number of hydrogen-bond acceptors (Lipinski definition) is 4. The summed E-state index contributed by atoms with van der Waals surface area (Å²) in [5.41, 5.74) is 7.09. The van der Waals surface area contributed by atoms with Crippen molar-refractivity contribution >= 4 is 54.5 Å². The molecule has 0 unspecified atom stereocenters. The van der Waals surface area contributed by atoms with E-state index >= 15 is 0 Å². The van der Waals surface area contributed by atoms with Crippen LogP contribution in [-0.2, 0) is 16.6 Å². The molecule has 4 nitrogen and oxygen atoms in total. The first-order valence-corrected chi connectivity index (χ1v) is 9.42. The van der Waals surface area contributed by atoms with Gasteiger partial charge in [-0.25, -0.2) is 8.42 Å². The van der Waals surface area contributed by atoms with Crippen molar-refractivity contribution in [1.82, 2.24) is 4.31 Å². The van der Waals surface area contributed by atoms with Crippen LogP contribution in [0.3, 0.4) is 0 Å². The molecule has 0 aliphatic rings. The molecule has 1 aromatic heterocycles. The Morgan fingerprint density at radius 3 is 2.48 bits per heavy atom. The van der Waals surface area contributed by atoms with Crippen molar-refractivity contribution in [2.75, 3.05) is 7.05 Å². The van der Waals surface area contributed by atoms with Gasteiger partial charge in [0.15, 0.2) is 0 Å². The average molecular weight is 405 g/mol. The van der Waals surface area contributed by atoms with Crippen molar-refractivity contribution in [3.63, 3.8) is 0 Å². The number of rotatable bonds is 5. The SMILES string of the molecule is CN(Cc1csc(Br)c1)S(=O)(=O)c1ccc(C(N)=S)cc1. The standard InChI is InChI=1S/C13H13BrN2O2S3/c1-16(7-9-6-12(14)20-8-9)21(17,18)11-4-2-10(3-5-11)13(15)19/h2-6,8H,7H2,1H3,(H2,15,19). The van der Waals surface area contributed by atoms with Crippen LogP contribution in [0.25, 0.3) is 0 Å². The highest BCUT2D eigenvalue weighted by atomic mass is 79.9. The summed E-state index contributed by atoms with van der Waals surface area (Å²) in [7, 11) is -1.97. The van der Waals surface area contributed by atoms with Crippen LogP contribution in [0.1, 0.15) is 11.1 Å². The fourth-order valence-corrected chi connectivity index (χ4v) is 4.24. The zero-order chi connectivity index (χ0) is 15.6. The summed E-state index contributed by atoms with van der Waals surface area (Å²) >= 11 is 9.74. The van der Waals surface area contributed by atoms with Gasteiger partial charge in [0, 0.05) is 19.2 Å². The zero-order valence-corrected chi connectivity index (χ0v) is 15.2. The Hall–Kier alpha value is -0.800. The maximum absolute atomic E-state index is 12.5. The lowest BCUT2D eigenvalue weighted by Gasteiger charge is -2.16. The van der Waals surface area contributed by atoms with E-state index in [0.717, 1.165) is 9.35 Å². The lowest BCUT2D eigenvalue weighted by atomic mass is 10.2. The minimum absolute atomic E-state index is 0.222. The van der Waals surface area contributed by atoms with E-state index in [1.54, 1.807) is 19.2 Å². The van der Waals surface area contributed by atoms with Crippen LogP contribution in [0, 0.1) is 0 Å². The molecule has 8 heteroatoms. The zero-order valence-electron chi connectivity index (χ0n) is 11.1. The van der Waals surface area contributed by atoms with E-state index in [9.17, 15) is 8.42 Å². The molecule has 0 radical (unpaired) electrons. The molecule has 0 atom stereocenters. The first-order valence-electron chi connectivity index (χ1n) is 5.90. The van der Waals surface area contributed by atoms with Crippen LogP contribution in [0.2, 0.25) is 0 Å². The number of benzene rings is 1. The highest BCUT2D eigenvalue weighted by Crippen LogP contribution is 2.23. The summed E-state index contributed by atoms with van der Waals surface area (Å²) in [6.45, 7) is 0.321. The van der Waals surface area contributed by atoms with Gasteiger partial charge in [-0.1, -0.05) is 24.4 Å². The van der Waals surface area contributed by atoms with Crippen LogP contribution in [-0.4, -0.2) is 24.8 Å². The molecule has 0 saturated heterocycles. The highest BCUT2D eigenvalue weighted by molar-refractivity contribution is 9.11. The Morgan fingerprint density at radius 1 is 1.38 bits per heavy atom. The first kappa shape index (κ1) is 16.6. The normalized spacial score (nSPS) is 11.8. The van der Waals surface area contributed by atoms with Crippen molar-refractivity contribution in [2.24, 2.45) is 5.73 Å². The number of hydrogen-bond donors (Lipinski definition) is 1. The third-order valence-electron chi connectivity index (χ3n) is 2.87. The summed E-state index contributed by atoms with van der Waals surface area (Å²) in [5, 5.41) is 1.92. The van der Waals surface area contributed by atoms with E-state index < -0.39 is 10.0 Å². The largest absolute Gasteiger partial charge is 0.389 e. The van der Waals surface area contributed by atoms with Gasteiger partial charge in [0.05, 0.1) is 8.68 Å². The van der Waals surface area contributed by atoms with Gasteiger partial charge in [-0.15, -0.1) is 11.3 Å². The molecule has 2 rings (SSSR count). The van der Waals surface area contributed by atoms with Crippen molar-refractivity contribution in [3.05, 3.63) is 50.6 Å². The molecule has 2 N–H and O–H groups in total. The summed E-state index contributed by atoms with van der Waals surface area (Å²) in [4.78, 5) is 0.467. The van der Waals surface area contributed by atoms with E-state index in [0.29, 0.717) is 12.1 Å². The summed E-state index contributed by atoms with van der Waals surface area (Å²) in [6, 6.07) is 8.18. The molecule has 112 valence electrons. The molecule has 0 amide bonds. The Bertz CT molecular complexity index is 754. The van der Waals surface area contributed by atoms with E-state index in [4.69, 9.17) is 18.0 Å². The van der Waals surface area contributed by atoms with Crippen molar-refractivity contribution in [3.8, 4) is 0 Å². The minimum Gasteiger partial charge on any atom is -0.389 e. The minimum atomic E-state index is -3.53. The monoisotopic (exact) mass is 404 g/mol. The van der Waals surface area contributed by atoms with Gasteiger partial charge >= 0.3 is 0 Å². The summed E-state index contributed by atoms with van der Waals surface area (Å²) in [5.74, 6) is 0. The van der Waals surface area contributed by atoms with Crippen LogP contribution >= 0.6 is 39.5 Å². The molecule has 0 fully saturated rings. The molecular weight excluding hydrogens is 392 g/mol. The second-order valence-corrected chi connectivity index (χ2v) is 9.18. The molecule has 0 saturated carbocycles. The smallest absolute Gasteiger partial charge is 0.243 e. The number of nitrogens with zero attached hydrogens (tertiary/aromatic N) is 1. The number of thiophene rings is 1. The Morgan fingerprint density at radius 2 is 2.00 bits per heavy atom. The number of thiocarbonyl (C=S) groups is 1. The molecule has 0 aliphatic heterocycles. The Balaban J connectivity index is 2.22. The molecule has 1 heterocycles. The second-order valence-electron chi connectivity index (χ2n) is 4.41. The fraction of sp³-hybridized carbons (Fsp3) is 0.154. The molecular formula is C13H13BrN2O2S3. The van der Waals surface area contributed by atoms with Crippen molar-refractivity contribution < 1.29 is 8.42 Å². The third kappa shape index (κ3) is 3.89. The number of sulfonamides is 1. The molecule has 0 bridgehead atoms. The van der Waals surface area contributed by atoms with Crippen LogP contribution in [0.15, 0.2) is 44.4 Å². The Labute approximate surface area is 141 Å². The van der Waals surface area contributed by atoms with Gasteiger partial charge in [0.2, 0.25) is 10.0 Å². The predicted octanol–water partition coefficient (Wildman–Crippen LogP) is 2.97. The quantitative estimate of drug-likeness (QED) is 0.777. The molecule has 0 aliphatic carbocycles. The van der Waals surface area contributed by atoms with Gasteiger partial charge < -0.3 is 5.73 Å². The molecule has 1 aromatic carbocycles. The number of nitrogens with two attached hydrogens (primary N) is 1. The maximum atomic E-state index is 12.5. The summed E-state index contributed by atoms with van der Waals surface area (Å²) < 4.78 is 27.2. The Kier molecular flexibility index (Phi) is 5.15. The van der Waals surface area contributed by atoms with Gasteiger partial charge in [0.25, 0.3) is 0 Å². The van der Waals surface area contributed by atoms with Gasteiger partial charge in [-0.05, 0) is 45.1 Å². The van der Waals surface area contributed by atoms with Crippen LogP contribution in [0.5, 0.6) is 0 Å². The number of halogens is 1. The first-order chi connectivity index (χ1) is 9.80. The third-order valence-corrected chi connectivity index (χ3v) is 6.48. The maximum Gasteiger partial charge on any atom is 0.243 e. The van der Waals surface area contributed by atoms with E-state index in [-0.39, 0.29) is 9.88 Å². The van der Waals surface area contributed by atoms with Crippen LogP contribution < -0.4 is 5.73 Å². The topological polar surface area (TPSA) is 63.4 Å². The van der Waals surface area contributed by atoms with Crippen LogP contribution in [0.4, 0.5) is 0 Å². The highest BCUT2D eigenvalue weighted by Gasteiger charge is 2.21. The lowest BCUT2D eigenvalue weighted by Crippen LogP contribution is -2.26. The lowest BCUT2D eigenvalue weighted by molar-refractivity contribution is 0.467. The van der Waals surface area contributed by atoms with Gasteiger partial charge in [0.1, 0.15) is 4.99 Å². The van der Waals surface area contributed by atoms with Gasteiger partial charge in [-0.3, -0.25) is 0 Å². The molecule has 21 heavy (non-hydrogen) atoms. The fourth-order valence-electron chi connectivity index (χ4n) is 1.74. The van der Waals surface area contributed by atoms with E-state index in [1.807, 2.05) is 11.4 Å². The molecule has 0 spiro atoms. The average Bonchev–Trinajstić information content (AvgIpc) is 2.84. The van der Waals surface area contributed by atoms with E-state index in [1.165, 1.54) is 27.8 Å². The van der Waals surface area contributed by atoms with Gasteiger partial charge in [-0.2, -0.15) is 4.31 Å². The van der Waals surface area contributed by atoms with Crippen molar-refractivity contribution in [1.29, 1.82) is 0 Å². The molecule has 2 aromatic rings. The van der Waals surface area contributed by atoms with E-state index in [2.05, 4.69) is 15.9 Å².